The van der Waals surface area contributed by atoms with Crippen molar-refractivity contribution in [2.45, 2.75) is 59.0 Å². The third kappa shape index (κ3) is 5.59. The van der Waals surface area contributed by atoms with Crippen LogP contribution in [0.5, 0.6) is 5.75 Å². The van der Waals surface area contributed by atoms with Crippen molar-refractivity contribution in [3.8, 4) is 5.75 Å². The minimum atomic E-state index is -0.566. The zero-order valence-electron chi connectivity index (χ0n) is 18.4. The van der Waals surface area contributed by atoms with Crippen molar-refractivity contribution in [3.05, 3.63) is 40.9 Å². The van der Waals surface area contributed by atoms with Gasteiger partial charge in [-0.1, -0.05) is 32.9 Å². The molecule has 7 heteroatoms. The molecule has 2 amide bonds. The summed E-state index contributed by atoms with van der Waals surface area (Å²) >= 11 is 1.43. The molecule has 2 aromatic rings. The molecule has 1 aromatic carbocycles. The molecule has 1 saturated heterocycles. The summed E-state index contributed by atoms with van der Waals surface area (Å²) in [5.74, 6) is 0.555. The summed E-state index contributed by atoms with van der Waals surface area (Å²) in [6, 6.07) is 7.92. The number of hydrogen-bond donors (Lipinski definition) is 1. The fraction of sp³-hybridized carbons (Fsp3) is 0.522. The van der Waals surface area contributed by atoms with Crippen LogP contribution in [0.2, 0.25) is 0 Å². The maximum atomic E-state index is 12.8. The van der Waals surface area contributed by atoms with Crippen LogP contribution >= 0.6 is 11.3 Å². The van der Waals surface area contributed by atoms with Crippen LogP contribution in [-0.2, 0) is 15.0 Å². The topological polar surface area (TPSA) is 71.5 Å². The highest BCUT2D eigenvalue weighted by Crippen LogP contribution is 2.27. The van der Waals surface area contributed by atoms with Crippen LogP contribution in [0.15, 0.2) is 29.6 Å². The van der Waals surface area contributed by atoms with E-state index in [1.807, 2.05) is 30.5 Å². The monoisotopic (exact) mass is 429 g/mol. The SMILES string of the molecule is Cc1csc(NC(=O)C2CCN(C(=O)C(C)Oc3cccc(C(C)(C)C)c3)CC2)n1. The number of aromatic nitrogens is 1. The van der Waals surface area contributed by atoms with Gasteiger partial charge < -0.3 is 15.0 Å². The van der Waals surface area contributed by atoms with Gasteiger partial charge in [0.15, 0.2) is 11.2 Å². The van der Waals surface area contributed by atoms with Crippen molar-refractivity contribution in [2.75, 3.05) is 18.4 Å². The fourth-order valence-electron chi connectivity index (χ4n) is 3.53. The molecule has 0 bridgehead atoms. The number of nitrogens with one attached hydrogen (secondary N) is 1. The summed E-state index contributed by atoms with van der Waals surface area (Å²) in [5, 5.41) is 5.44. The number of rotatable bonds is 5. The van der Waals surface area contributed by atoms with Crippen LogP contribution in [0.4, 0.5) is 5.13 Å². The molecule has 6 nitrogen and oxygen atoms in total. The van der Waals surface area contributed by atoms with Gasteiger partial charge in [-0.25, -0.2) is 4.98 Å². The average molecular weight is 430 g/mol. The van der Waals surface area contributed by atoms with E-state index in [0.29, 0.717) is 36.8 Å². The highest BCUT2D eigenvalue weighted by atomic mass is 32.1. The predicted octanol–water partition coefficient (Wildman–Crippen LogP) is 4.39. The first-order valence-electron chi connectivity index (χ1n) is 10.4. The number of hydrogen-bond acceptors (Lipinski definition) is 5. The number of amides is 2. The van der Waals surface area contributed by atoms with Gasteiger partial charge >= 0.3 is 0 Å². The summed E-state index contributed by atoms with van der Waals surface area (Å²) in [5.41, 5.74) is 2.09. The molecule has 1 atom stereocenters. The maximum absolute atomic E-state index is 12.8. The zero-order chi connectivity index (χ0) is 21.9. The van der Waals surface area contributed by atoms with E-state index in [1.165, 1.54) is 16.9 Å². The third-order valence-corrected chi connectivity index (χ3v) is 6.26. The molecule has 3 rings (SSSR count). The van der Waals surface area contributed by atoms with Gasteiger partial charge in [-0.2, -0.15) is 0 Å². The Bertz CT molecular complexity index is 895. The van der Waals surface area contributed by atoms with Crippen molar-refractivity contribution < 1.29 is 14.3 Å². The number of carbonyl (C=O) groups is 2. The van der Waals surface area contributed by atoms with Gasteiger partial charge in [0.1, 0.15) is 5.75 Å². The molecule has 0 radical (unpaired) electrons. The van der Waals surface area contributed by atoms with Crippen molar-refractivity contribution >= 4 is 28.3 Å². The second-order valence-corrected chi connectivity index (χ2v) is 9.78. The van der Waals surface area contributed by atoms with Crippen molar-refractivity contribution in [1.29, 1.82) is 0 Å². The first-order valence-corrected chi connectivity index (χ1v) is 11.3. The van der Waals surface area contributed by atoms with E-state index in [0.717, 1.165) is 5.69 Å². The zero-order valence-corrected chi connectivity index (χ0v) is 19.2. The Balaban J connectivity index is 1.51. The molecule has 1 fully saturated rings. The number of ether oxygens (including phenoxy) is 1. The molecule has 1 unspecified atom stereocenters. The number of carbonyl (C=O) groups excluding carboxylic acids is 2. The number of nitrogens with zero attached hydrogens (tertiary/aromatic N) is 2. The van der Waals surface area contributed by atoms with E-state index < -0.39 is 6.10 Å². The highest BCUT2D eigenvalue weighted by molar-refractivity contribution is 7.13. The summed E-state index contributed by atoms with van der Waals surface area (Å²) in [6.07, 6.45) is 0.728. The Morgan fingerprint density at radius 1 is 1.27 bits per heavy atom. The number of thiazole rings is 1. The first-order chi connectivity index (χ1) is 14.1. The standard InChI is InChI=1S/C23H31N3O3S/c1-15-14-30-22(24-15)25-20(27)17-9-11-26(12-10-17)21(28)16(2)29-19-8-6-7-18(13-19)23(3,4)5/h6-8,13-14,16-17H,9-12H2,1-5H3,(H,24,25,27). The molecule has 1 aromatic heterocycles. The quantitative estimate of drug-likeness (QED) is 0.765. The lowest BCUT2D eigenvalue weighted by atomic mass is 9.87. The van der Waals surface area contributed by atoms with Crippen LogP contribution in [0.3, 0.4) is 0 Å². The van der Waals surface area contributed by atoms with Crippen LogP contribution in [0, 0.1) is 12.8 Å². The number of likely N-dealkylation sites (tertiary alicyclic amines) is 1. The molecule has 1 aliphatic rings. The first kappa shape index (κ1) is 22.3. The van der Waals surface area contributed by atoms with Gasteiger partial charge in [0.05, 0.1) is 5.69 Å². The molecule has 0 aliphatic carbocycles. The molecule has 2 heterocycles. The van der Waals surface area contributed by atoms with Gasteiger partial charge in [-0.3, -0.25) is 9.59 Å². The lowest BCUT2D eigenvalue weighted by Gasteiger charge is -2.33. The maximum Gasteiger partial charge on any atom is 0.263 e. The van der Waals surface area contributed by atoms with E-state index in [2.05, 4.69) is 37.1 Å². The van der Waals surface area contributed by atoms with Gasteiger partial charge in [0, 0.05) is 24.4 Å². The minimum Gasteiger partial charge on any atom is -0.481 e. The fourth-order valence-corrected chi connectivity index (χ4v) is 4.22. The van der Waals surface area contributed by atoms with Crippen molar-refractivity contribution in [1.82, 2.24) is 9.88 Å². The van der Waals surface area contributed by atoms with Crippen LogP contribution in [0.1, 0.15) is 51.8 Å². The smallest absolute Gasteiger partial charge is 0.263 e. The highest BCUT2D eigenvalue weighted by Gasteiger charge is 2.30. The lowest BCUT2D eigenvalue weighted by molar-refractivity contribution is -0.140. The molecule has 0 spiro atoms. The molecular weight excluding hydrogens is 398 g/mol. The Morgan fingerprint density at radius 2 is 1.97 bits per heavy atom. The van der Waals surface area contributed by atoms with E-state index in [9.17, 15) is 9.59 Å². The minimum absolute atomic E-state index is 0.0141. The number of benzene rings is 1. The van der Waals surface area contributed by atoms with Crippen LogP contribution < -0.4 is 10.1 Å². The van der Waals surface area contributed by atoms with Crippen LogP contribution in [-0.4, -0.2) is 40.9 Å². The van der Waals surface area contributed by atoms with E-state index >= 15 is 0 Å². The number of anilines is 1. The lowest BCUT2D eigenvalue weighted by Crippen LogP contribution is -2.46. The Kier molecular flexibility index (Phi) is 6.81. The second-order valence-electron chi connectivity index (χ2n) is 8.92. The Hall–Kier alpha value is -2.41. The molecule has 0 saturated carbocycles. The van der Waals surface area contributed by atoms with Gasteiger partial charge in [0.2, 0.25) is 5.91 Å². The summed E-state index contributed by atoms with van der Waals surface area (Å²) in [4.78, 5) is 31.4. The molecule has 30 heavy (non-hydrogen) atoms. The van der Waals surface area contributed by atoms with Gasteiger partial charge in [-0.05, 0) is 49.8 Å². The van der Waals surface area contributed by atoms with Crippen molar-refractivity contribution in [3.63, 3.8) is 0 Å². The van der Waals surface area contributed by atoms with Gasteiger partial charge in [-0.15, -0.1) is 11.3 Å². The normalized spacial score (nSPS) is 16.2. The second kappa shape index (κ2) is 9.16. The number of piperidine rings is 1. The molecule has 162 valence electrons. The van der Waals surface area contributed by atoms with E-state index in [4.69, 9.17) is 4.74 Å². The summed E-state index contributed by atoms with van der Waals surface area (Å²) in [7, 11) is 0. The van der Waals surface area contributed by atoms with Gasteiger partial charge in [0.25, 0.3) is 5.91 Å². The van der Waals surface area contributed by atoms with Crippen LogP contribution in [0.25, 0.3) is 0 Å². The average Bonchev–Trinajstić information content (AvgIpc) is 3.11. The Labute approximate surface area is 182 Å². The molecular formula is C23H31N3O3S. The molecule has 1 N–H and O–H groups in total. The Morgan fingerprint density at radius 3 is 2.57 bits per heavy atom. The van der Waals surface area contributed by atoms with E-state index in [-0.39, 0.29) is 23.1 Å². The van der Waals surface area contributed by atoms with E-state index in [1.54, 1.807) is 11.8 Å². The predicted molar refractivity (Wildman–Crippen MR) is 120 cm³/mol. The summed E-state index contributed by atoms with van der Waals surface area (Å²) in [6.45, 7) is 11.3. The third-order valence-electron chi connectivity index (χ3n) is 5.39. The van der Waals surface area contributed by atoms with Crippen molar-refractivity contribution in [2.24, 2.45) is 5.92 Å². The summed E-state index contributed by atoms with van der Waals surface area (Å²) < 4.78 is 5.94. The molecule has 1 aliphatic heterocycles. The number of aryl methyl sites for hydroxylation is 1. The largest absolute Gasteiger partial charge is 0.481 e.